The lowest BCUT2D eigenvalue weighted by Gasteiger charge is -2.24. The molecule has 1 aliphatic heterocycles. The van der Waals surface area contributed by atoms with Gasteiger partial charge in [-0.15, -0.1) is 0 Å². The van der Waals surface area contributed by atoms with Crippen LogP contribution in [0.5, 0.6) is 0 Å². The van der Waals surface area contributed by atoms with E-state index in [4.69, 9.17) is 9.47 Å². The minimum atomic E-state index is -0.706. The highest BCUT2D eigenvalue weighted by atomic mass is 79.9. The number of nitrogens with one attached hydrogen (secondary N) is 1. The van der Waals surface area contributed by atoms with Crippen LogP contribution in [0.25, 0.3) is 10.9 Å². The second-order valence-corrected chi connectivity index (χ2v) is 10.7. The Labute approximate surface area is 195 Å². The maximum Gasteiger partial charge on any atom is 0.435 e. The Morgan fingerprint density at radius 1 is 1.06 bits per heavy atom. The van der Waals surface area contributed by atoms with Gasteiger partial charge in [0, 0.05) is 29.0 Å². The Kier molecular flexibility index (Phi) is 6.55. The minimum Gasteiger partial charge on any atom is -0.444 e. The molecule has 1 N–H and O–H groups in total. The van der Waals surface area contributed by atoms with Crippen molar-refractivity contribution in [1.82, 2.24) is 20.0 Å². The fraction of sp³-hybridized carbons (Fsp3) is 0.545. The van der Waals surface area contributed by atoms with Crippen molar-refractivity contribution in [2.75, 3.05) is 13.1 Å². The number of carbonyl (C=O) groups is 3. The number of hydrogen-bond acceptors (Lipinski definition) is 6. The molecule has 2 heterocycles. The number of halogens is 1. The Bertz CT molecular complexity index is 1050. The SMILES string of the molecule is CC(C)(C)OC(=O)N1CCC(NC(=O)c2nn(C(=O)OC(C)(C)C)c3ccc(Br)cc23)C1. The fourth-order valence-electron chi connectivity index (χ4n) is 3.33. The molecule has 1 aromatic heterocycles. The molecule has 0 radical (unpaired) electrons. The van der Waals surface area contributed by atoms with E-state index in [1.54, 1.807) is 43.9 Å². The van der Waals surface area contributed by atoms with E-state index in [0.717, 1.165) is 9.15 Å². The van der Waals surface area contributed by atoms with Crippen LogP contribution in [0.4, 0.5) is 9.59 Å². The number of aromatic nitrogens is 2. The van der Waals surface area contributed by atoms with Crippen LogP contribution in [-0.2, 0) is 9.47 Å². The minimum absolute atomic E-state index is 0.114. The van der Waals surface area contributed by atoms with Gasteiger partial charge in [0.1, 0.15) is 11.2 Å². The summed E-state index contributed by atoms with van der Waals surface area (Å²) in [5.41, 5.74) is -0.710. The van der Waals surface area contributed by atoms with Crippen LogP contribution in [0.15, 0.2) is 22.7 Å². The van der Waals surface area contributed by atoms with Crippen LogP contribution in [0.2, 0.25) is 0 Å². The van der Waals surface area contributed by atoms with Gasteiger partial charge in [-0.25, -0.2) is 9.59 Å². The number of hydrogen-bond donors (Lipinski definition) is 1. The molecule has 0 saturated carbocycles. The largest absolute Gasteiger partial charge is 0.444 e. The van der Waals surface area contributed by atoms with Crippen molar-refractivity contribution in [3.8, 4) is 0 Å². The Balaban J connectivity index is 1.79. The lowest BCUT2D eigenvalue weighted by atomic mass is 10.2. The van der Waals surface area contributed by atoms with Gasteiger partial charge in [0.25, 0.3) is 5.91 Å². The summed E-state index contributed by atoms with van der Waals surface area (Å²) >= 11 is 3.40. The van der Waals surface area contributed by atoms with Gasteiger partial charge in [0.2, 0.25) is 0 Å². The first-order valence-electron chi connectivity index (χ1n) is 10.4. The second-order valence-electron chi connectivity index (χ2n) is 9.79. The van der Waals surface area contributed by atoms with Crippen LogP contribution in [0.1, 0.15) is 58.5 Å². The number of rotatable bonds is 2. The lowest BCUT2D eigenvalue weighted by Crippen LogP contribution is -2.40. The first-order valence-corrected chi connectivity index (χ1v) is 11.2. The summed E-state index contributed by atoms with van der Waals surface area (Å²) in [6.07, 6.45) is -0.474. The molecular formula is C22H29BrN4O5. The lowest BCUT2D eigenvalue weighted by molar-refractivity contribution is 0.0289. The van der Waals surface area contributed by atoms with Crippen LogP contribution in [-0.4, -0.2) is 63.1 Å². The van der Waals surface area contributed by atoms with Gasteiger partial charge in [-0.1, -0.05) is 15.9 Å². The third-order valence-electron chi connectivity index (χ3n) is 4.60. The molecule has 2 amide bonds. The van der Waals surface area contributed by atoms with Crippen molar-refractivity contribution < 1.29 is 23.9 Å². The monoisotopic (exact) mass is 508 g/mol. The first-order chi connectivity index (χ1) is 14.7. The fourth-order valence-corrected chi connectivity index (χ4v) is 3.69. The molecule has 1 fully saturated rings. The van der Waals surface area contributed by atoms with Gasteiger partial charge in [-0.05, 0) is 66.2 Å². The highest BCUT2D eigenvalue weighted by Crippen LogP contribution is 2.25. The summed E-state index contributed by atoms with van der Waals surface area (Å²) in [5, 5.41) is 7.70. The highest BCUT2D eigenvalue weighted by Gasteiger charge is 2.32. The average Bonchev–Trinajstić information content (AvgIpc) is 3.23. The number of ether oxygens (including phenoxy) is 2. The molecule has 2 aromatic rings. The van der Waals surface area contributed by atoms with Crippen LogP contribution in [0.3, 0.4) is 0 Å². The number of amides is 2. The third kappa shape index (κ3) is 5.79. The highest BCUT2D eigenvalue weighted by molar-refractivity contribution is 9.10. The summed E-state index contributed by atoms with van der Waals surface area (Å²) in [5.74, 6) is -0.425. The number of nitrogens with zero attached hydrogens (tertiary/aromatic N) is 3. The topological polar surface area (TPSA) is 103 Å². The molecule has 174 valence electrons. The predicted octanol–water partition coefficient (Wildman–Crippen LogP) is 4.32. The zero-order chi connectivity index (χ0) is 23.8. The number of carbonyl (C=O) groups excluding carboxylic acids is 3. The Morgan fingerprint density at radius 3 is 2.31 bits per heavy atom. The van der Waals surface area contributed by atoms with Gasteiger partial charge in [0.05, 0.1) is 5.52 Å². The summed E-state index contributed by atoms with van der Waals surface area (Å²) in [6, 6.07) is 4.96. The molecule has 32 heavy (non-hydrogen) atoms. The Hall–Kier alpha value is -2.62. The van der Waals surface area contributed by atoms with Crippen molar-refractivity contribution in [2.24, 2.45) is 0 Å². The molecule has 10 heteroatoms. The predicted molar refractivity (Wildman–Crippen MR) is 123 cm³/mol. The van der Waals surface area contributed by atoms with Crippen LogP contribution < -0.4 is 5.32 Å². The molecule has 1 aliphatic rings. The van der Waals surface area contributed by atoms with Gasteiger partial charge in [-0.3, -0.25) is 4.79 Å². The summed E-state index contributed by atoms with van der Waals surface area (Å²) in [7, 11) is 0. The number of fused-ring (bicyclic) bond motifs is 1. The zero-order valence-corrected chi connectivity index (χ0v) is 20.8. The number of benzene rings is 1. The maximum atomic E-state index is 13.1. The van der Waals surface area contributed by atoms with E-state index in [1.807, 2.05) is 20.8 Å². The molecule has 0 aliphatic carbocycles. The molecule has 0 bridgehead atoms. The van der Waals surface area contributed by atoms with Gasteiger partial charge in [-0.2, -0.15) is 9.78 Å². The molecule has 9 nitrogen and oxygen atoms in total. The average molecular weight is 509 g/mol. The van der Waals surface area contributed by atoms with Gasteiger partial charge >= 0.3 is 12.2 Å². The molecule has 1 aromatic carbocycles. The molecule has 0 spiro atoms. The Morgan fingerprint density at radius 2 is 1.69 bits per heavy atom. The van der Waals surface area contributed by atoms with Crippen molar-refractivity contribution in [3.05, 3.63) is 28.4 Å². The molecular weight excluding hydrogens is 480 g/mol. The quantitative estimate of drug-likeness (QED) is 0.647. The smallest absolute Gasteiger partial charge is 0.435 e. The molecule has 1 atom stereocenters. The summed E-state index contributed by atoms with van der Waals surface area (Å²) in [4.78, 5) is 39.6. The van der Waals surface area contributed by atoms with Crippen LogP contribution >= 0.6 is 15.9 Å². The van der Waals surface area contributed by atoms with Gasteiger partial charge < -0.3 is 19.7 Å². The molecule has 1 saturated heterocycles. The second kappa shape index (κ2) is 8.73. The zero-order valence-electron chi connectivity index (χ0n) is 19.2. The van der Waals surface area contributed by atoms with E-state index in [9.17, 15) is 14.4 Å². The summed E-state index contributed by atoms with van der Waals surface area (Å²) in [6.45, 7) is 11.5. The van der Waals surface area contributed by atoms with Crippen molar-refractivity contribution in [3.63, 3.8) is 0 Å². The number of likely N-dealkylation sites (tertiary alicyclic amines) is 1. The van der Waals surface area contributed by atoms with E-state index in [-0.39, 0.29) is 11.7 Å². The van der Waals surface area contributed by atoms with Crippen molar-refractivity contribution >= 4 is 44.9 Å². The maximum absolute atomic E-state index is 13.1. The third-order valence-corrected chi connectivity index (χ3v) is 5.09. The summed E-state index contributed by atoms with van der Waals surface area (Å²) < 4.78 is 12.7. The van der Waals surface area contributed by atoms with Crippen molar-refractivity contribution in [1.29, 1.82) is 0 Å². The first kappa shape index (κ1) is 24.0. The standard InChI is InChI=1S/C22H29BrN4O5/c1-21(2,3)31-19(29)26-10-9-14(12-26)24-18(28)17-15-11-13(23)7-8-16(15)27(25-17)20(30)32-22(4,5)6/h7-8,11,14H,9-10,12H2,1-6H3,(H,24,28). The van der Waals surface area contributed by atoms with E-state index < -0.39 is 29.3 Å². The molecule has 3 rings (SSSR count). The van der Waals surface area contributed by atoms with E-state index in [0.29, 0.717) is 30.4 Å². The van der Waals surface area contributed by atoms with E-state index in [2.05, 4.69) is 26.3 Å². The van der Waals surface area contributed by atoms with Gasteiger partial charge in [0.15, 0.2) is 5.69 Å². The van der Waals surface area contributed by atoms with Crippen LogP contribution in [0, 0.1) is 0 Å². The van der Waals surface area contributed by atoms with E-state index in [1.165, 1.54) is 0 Å². The normalized spacial score (nSPS) is 16.8. The van der Waals surface area contributed by atoms with Crippen molar-refractivity contribution in [2.45, 2.75) is 65.2 Å². The molecule has 1 unspecified atom stereocenters. The van der Waals surface area contributed by atoms with E-state index >= 15 is 0 Å².